The first kappa shape index (κ1) is 16.4. The lowest BCUT2D eigenvalue weighted by molar-refractivity contribution is 0.170. The molecule has 1 fully saturated rings. The number of benzene rings is 2. The number of hydrogen-bond donors (Lipinski definition) is 2. The maximum Gasteiger partial charge on any atom is 0.0492 e. The molecule has 0 bridgehead atoms. The van der Waals surface area contributed by atoms with Crippen LogP contribution in [-0.4, -0.2) is 41.2 Å². The van der Waals surface area contributed by atoms with E-state index in [9.17, 15) is 0 Å². The molecule has 3 N–H and O–H groups in total. The summed E-state index contributed by atoms with van der Waals surface area (Å²) in [7, 11) is 0. The smallest absolute Gasteiger partial charge is 0.0492 e. The molecule has 1 aromatic heterocycles. The number of piperazine rings is 1. The van der Waals surface area contributed by atoms with E-state index in [0.29, 0.717) is 12.1 Å². The molecule has 0 saturated carbocycles. The molecule has 0 spiro atoms. The molecule has 3 aromatic rings. The van der Waals surface area contributed by atoms with Gasteiger partial charge >= 0.3 is 0 Å². The predicted octanol–water partition coefficient (Wildman–Crippen LogP) is 3.45. The van der Waals surface area contributed by atoms with Gasteiger partial charge in [0.25, 0.3) is 0 Å². The maximum atomic E-state index is 6.03. The Morgan fingerprint density at radius 1 is 0.960 bits per heavy atom. The average Bonchev–Trinajstić information content (AvgIpc) is 2.88. The molecule has 4 rings (SSSR count). The average molecular weight is 336 g/mol. The number of nitrogens with two attached hydrogens (primary N) is 1. The fourth-order valence-electron chi connectivity index (χ4n) is 4.39. The molecule has 0 radical (unpaired) electrons. The first-order chi connectivity index (χ1) is 12.1. The van der Waals surface area contributed by atoms with Crippen molar-refractivity contribution in [3.63, 3.8) is 0 Å². The van der Waals surface area contributed by atoms with Gasteiger partial charge in [-0.25, -0.2) is 0 Å². The highest BCUT2D eigenvalue weighted by atomic mass is 15.2. The summed E-state index contributed by atoms with van der Waals surface area (Å²) in [6, 6.07) is 16.1. The van der Waals surface area contributed by atoms with Gasteiger partial charge in [-0.1, -0.05) is 18.2 Å². The topological polar surface area (TPSA) is 46.2 Å². The van der Waals surface area contributed by atoms with Crippen LogP contribution in [0.1, 0.15) is 20.3 Å². The highest BCUT2D eigenvalue weighted by molar-refractivity contribution is 6.08. The van der Waals surface area contributed by atoms with Crippen molar-refractivity contribution in [2.75, 3.05) is 25.4 Å². The van der Waals surface area contributed by atoms with Crippen molar-refractivity contribution < 1.29 is 0 Å². The van der Waals surface area contributed by atoms with Gasteiger partial charge in [-0.3, -0.25) is 0 Å². The Balaban J connectivity index is 1.56. The zero-order chi connectivity index (χ0) is 17.4. The minimum atomic E-state index is 0.583. The summed E-state index contributed by atoms with van der Waals surface area (Å²) in [5, 5.41) is 6.17. The number of rotatable bonds is 4. The quantitative estimate of drug-likeness (QED) is 0.717. The highest BCUT2D eigenvalue weighted by Crippen LogP contribution is 2.30. The van der Waals surface area contributed by atoms with E-state index in [4.69, 9.17) is 5.73 Å². The van der Waals surface area contributed by atoms with Gasteiger partial charge in [-0.2, -0.15) is 0 Å². The van der Waals surface area contributed by atoms with Crippen molar-refractivity contribution in [2.24, 2.45) is 0 Å². The zero-order valence-corrected chi connectivity index (χ0v) is 15.2. The number of aromatic nitrogens is 1. The lowest BCUT2D eigenvalue weighted by atomic mass is 10.1. The minimum Gasteiger partial charge on any atom is -0.399 e. The second-order valence-electron chi connectivity index (χ2n) is 7.53. The predicted molar refractivity (Wildman–Crippen MR) is 107 cm³/mol. The number of nitrogens with zero attached hydrogens (tertiary/aromatic N) is 2. The third-order valence-electron chi connectivity index (χ3n) is 5.29. The van der Waals surface area contributed by atoms with E-state index in [1.807, 2.05) is 6.07 Å². The number of aryl methyl sites for hydroxylation is 1. The Kier molecular flexibility index (Phi) is 4.40. The van der Waals surface area contributed by atoms with Gasteiger partial charge in [-0.05, 0) is 51.1 Å². The molecule has 25 heavy (non-hydrogen) atoms. The number of para-hydroxylation sites is 1. The van der Waals surface area contributed by atoms with Crippen molar-refractivity contribution in [1.82, 2.24) is 14.8 Å². The van der Waals surface area contributed by atoms with Crippen LogP contribution in [-0.2, 0) is 6.54 Å². The molecular weight excluding hydrogens is 308 g/mol. The largest absolute Gasteiger partial charge is 0.399 e. The van der Waals surface area contributed by atoms with Crippen LogP contribution in [0.4, 0.5) is 5.69 Å². The lowest BCUT2D eigenvalue weighted by Gasteiger charge is -2.36. The fourth-order valence-corrected chi connectivity index (χ4v) is 4.39. The van der Waals surface area contributed by atoms with Crippen LogP contribution < -0.4 is 11.1 Å². The van der Waals surface area contributed by atoms with E-state index in [1.165, 1.54) is 21.8 Å². The Morgan fingerprint density at radius 3 is 2.48 bits per heavy atom. The normalized spacial score (nSPS) is 22.0. The van der Waals surface area contributed by atoms with Crippen LogP contribution in [0, 0.1) is 0 Å². The van der Waals surface area contributed by atoms with E-state index in [0.717, 1.165) is 38.3 Å². The Morgan fingerprint density at radius 2 is 1.68 bits per heavy atom. The third kappa shape index (κ3) is 3.24. The van der Waals surface area contributed by atoms with E-state index >= 15 is 0 Å². The van der Waals surface area contributed by atoms with Crippen LogP contribution in [0.3, 0.4) is 0 Å². The molecule has 1 aliphatic rings. The summed E-state index contributed by atoms with van der Waals surface area (Å²) in [6.07, 6.45) is 1.16. The lowest BCUT2D eigenvalue weighted by Crippen LogP contribution is -2.54. The van der Waals surface area contributed by atoms with Gasteiger partial charge in [0.05, 0.1) is 0 Å². The molecule has 2 atom stereocenters. The zero-order valence-electron chi connectivity index (χ0n) is 15.2. The second-order valence-corrected chi connectivity index (χ2v) is 7.53. The number of fused-ring (bicyclic) bond motifs is 3. The number of hydrogen-bond acceptors (Lipinski definition) is 3. The third-order valence-corrected chi connectivity index (χ3v) is 5.29. The maximum absolute atomic E-state index is 6.03. The molecule has 1 aliphatic heterocycles. The molecule has 0 aliphatic carbocycles. The Labute approximate surface area is 149 Å². The summed E-state index contributed by atoms with van der Waals surface area (Å²) in [5.41, 5.74) is 9.46. The van der Waals surface area contributed by atoms with Crippen molar-refractivity contribution in [3.8, 4) is 0 Å². The summed E-state index contributed by atoms with van der Waals surface area (Å²) >= 11 is 0. The molecule has 1 saturated heterocycles. The summed E-state index contributed by atoms with van der Waals surface area (Å²) < 4.78 is 2.46. The SMILES string of the molecule is C[C@@H]1CN(CCCn2c3ccccc3c3cc(N)ccc32)C[C@@H](C)N1. The van der Waals surface area contributed by atoms with E-state index < -0.39 is 0 Å². The summed E-state index contributed by atoms with van der Waals surface area (Å²) in [4.78, 5) is 2.59. The van der Waals surface area contributed by atoms with Crippen LogP contribution in [0.5, 0.6) is 0 Å². The number of nitrogens with one attached hydrogen (secondary N) is 1. The van der Waals surface area contributed by atoms with E-state index in [1.54, 1.807) is 0 Å². The molecule has 2 aromatic carbocycles. The molecule has 4 heteroatoms. The summed E-state index contributed by atoms with van der Waals surface area (Å²) in [5.74, 6) is 0. The molecule has 132 valence electrons. The molecule has 2 heterocycles. The molecule has 0 unspecified atom stereocenters. The standard InChI is InChI=1S/C21H28N4/c1-15-13-24(14-16(2)23-15)10-5-11-25-20-7-4-3-6-18(20)19-12-17(22)8-9-21(19)25/h3-4,6-9,12,15-16,23H,5,10-11,13-14,22H2,1-2H3/t15-,16-/m1/s1. The van der Waals surface area contributed by atoms with Gasteiger partial charge in [0.2, 0.25) is 0 Å². The monoisotopic (exact) mass is 336 g/mol. The van der Waals surface area contributed by atoms with Crippen molar-refractivity contribution in [1.29, 1.82) is 0 Å². The molecule has 4 nitrogen and oxygen atoms in total. The second kappa shape index (κ2) is 6.70. The Bertz CT molecular complexity index is 872. The van der Waals surface area contributed by atoms with Gasteiger partial charge in [0.1, 0.15) is 0 Å². The van der Waals surface area contributed by atoms with Crippen LogP contribution >= 0.6 is 0 Å². The van der Waals surface area contributed by atoms with E-state index in [2.05, 4.69) is 65.0 Å². The highest BCUT2D eigenvalue weighted by Gasteiger charge is 2.20. The minimum absolute atomic E-state index is 0.583. The molecular formula is C21H28N4. The van der Waals surface area contributed by atoms with Crippen LogP contribution in [0.2, 0.25) is 0 Å². The van der Waals surface area contributed by atoms with Crippen molar-refractivity contribution in [3.05, 3.63) is 42.5 Å². The number of anilines is 1. The van der Waals surface area contributed by atoms with Crippen molar-refractivity contribution in [2.45, 2.75) is 38.9 Å². The summed E-state index contributed by atoms with van der Waals surface area (Å²) in [6.45, 7) is 9.04. The Hall–Kier alpha value is -2.04. The van der Waals surface area contributed by atoms with Crippen LogP contribution in [0.15, 0.2) is 42.5 Å². The first-order valence-electron chi connectivity index (χ1n) is 9.36. The van der Waals surface area contributed by atoms with Gasteiger partial charge in [0, 0.05) is 59.2 Å². The fraction of sp³-hybridized carbons (Fsp3) is 0.429. The molecule has 0 amide bonds. The van der Waals surface area contributed by atoms with Crippen LogP contribution in [0.25, 0.3) is 21.8 Å². The van der Waals surface area contributed by atoms with Crippen molar-refractivity contribution >= 4 is 27.5 Å². The van der Waals surface area contributed by atoms with Gasteiger partial charge in [0.15, 0.2) is 0 Å². The van der Waals surface area contributed by atoms with Gasteiger partial charge in [-0.15, -0.1) is 0 Å². The number of nitrogen functional groups attached to an aromatic ring is 1. The van der Waals surface area contributed by atoms with E-state index in [-0.39, 0.29) is 0 Å². The first-order valence-corrected chi connectivity index (χ1v) is 9.36. The van der Waals surface area contributed by atoms with Gasteiger partial charge < -0.3 is 20.5 Å².